The normalized spacial score (nSPS) is 11.3. The van der Waals surface area contributed by atoms with Crippen molar-refractivity contribution in [1.29, 1.82) is 0 Å². The number of fused-ring (bicyclic) bond motifs is 2. The van der Waals surface area contributed by atoms with Crippen molar-refractivity contribution in [2.75, 3.05) is 76.6 Å². The maximum Gasteiger partial charge on any atom is 0.488 e. The molecule has 0 fully saturated rings. The second kappa shape index (κ2) is 24.2. The number of anilines is 4. The highest BCUT2D eigenvalue weighted by Crippen LogP contribution is 2.33. The average Bonchev–Trinajstić information content (AvgIpc) is 3.91. The van der Waals surface area contributed by atoms with Crippen molar-refractivity contribution >= 4 is 115 Å². The smallest absolute Gasteiger partial charge is 0.423 e. The number of nitrogen functional groups attached to an aromatic ring is 2. The molecule has 0 aliphatic heterocycles. The van der Waals surface area contributed by atoms with Gasteiger partial charge in [0.25, 0.3) is 0 Å². The Morgan fingerprint density at radius 1 is 0.643 bits per heavy atom. The van der Waals surface area contributed by atoms with E-state index in [0.717, 1.165) is 37.4 Å². The zero-order valence-corrected chi connectivity index (χ0v) is 42.7. The zero-order chi connectivity index (χ0) is 50.6. The second-order valence-electron chi connectivity index (χ2n) is 16.0. The molecule has 0 aliphatic carbocycles. The van der Waals surface area contributed by atoms with Gasteiger partial charge < -0.3 is 41.1 Å². The summed E-state index contributed by atoms with van der Waals surface area (Å²) in [7, 11) is 9.88. The maximum atomic E-state index is 12.6. The first-order valence-corrected chi connectivity index (χ1v) is 23.2. The quantitative estimate of drug-likeness (QED) is 0.0635. The van der Waals surface area contributed by atoms with E-state index in [9.17, 15) is 9.59 Å². The van der Waals surface area contributed by atoms with Crippen LogP contribution in [0.25, 0.3) is 44.7 Å². The Balaban J connectivity index is 0.000000194. The summed E-state index contributed by atoms with van der Waals surface area (Å²) in [6.45, 7) is 1.39. The number of nitrogens with two attached hydrogens (primary N) is 2. The summed E-state index contributed by atoms with van der Waals surface area (Å²) in [5, 5.41) is 29.2. The first-order chi connectivity index (χ1) is 33.4. The van der Waals surface area contributed by atoms with Crippen molar-refractivity contribution in [2.45, 2.75) is 0 Å². The molecule has 0 unspecified atom stereocenters. The van der Waals surface area contributed by atoms with Crippen LogP contribution in [0.1, 0.15) is 0 Å². The van der Waals surface area contributed by atoms with Gasteiger partial charge in [-0.2, -0.15) is 10.2 Å². The molecule has 6 N–H and O–H groups in total. The molecular formula is C48H50BCl2IN14O4. The van der Waals surface area contributed by atoms with Crippen LogP contribution in [-0.4, -0.2) is 134 Å². The topological polar surface area (TPSA) is 227 Å². The molecule has 0 saturated heterocycles. The Kier molecular flexibility index (Phi) is 18.2. The van der Waals surface area contributed by atoms with Crippen molar-refractivity contribution in [3.63, 3.8) is 0 Å². The lowest BCUT2D eigenvalue weighted by Crippen LogP contribution is -2.29. The summed E-state index contributed by atoms with van der Waals surface area (Å²) in [4.78, 5) is 49.1. The fraction of sp³-hybridized carbons (Fsp3) is 0.167. The fourth-order valence-corrected chi connectivity index (χ4v) is 7.57. The number of hydrogen-bond donors (Lipinski definition) is 4. The number of benzene rings is 4. The fourth-order valence-electron chi connectivity index (χ4n) is 6.59. The van der Waals surface area contributed by atoms with Crippen LogP contribution >= 0.6 is 45.8 Å². The van der Waals surface area contributed by atoms with Crippen molar-refractivity contribution in [1.82, 2.24) is 49.3 Å². The molecule has 4 aromatic carbocycles. The van der Waals surface area contributed by atoms with E-state index in [4.69, 9.17) is 49.8 Å². The van der Waals surface area contributed by atoms with Gasteiger partial charge in [-0.25, -0.2) is 29.3 Å². The van der Waals surface area contributed by atoms with Crippen LogP contribution in [0.15, 0.2) is 134 Å². The second-order valence-corrected chi connectivity index (χ2v) is 17.9. The van der Waals surface area contributed by atoms with Gasteiger partial charge in [-0.1, -0.05) is 71.8 Å². The predicted molar refractivity (Wildman–Crippen MR) is 289 cm³/mol. The number of halogens is 3. The van der Waals surface area contributed by atoms with Gasteiger partial charge in [-0.05, 0) is 117 Å². The van der Waals surface area contributed by atoms with Gasteiger partial charge in [0.1, 0.15) is 33.7 Å². The molecule has 0 atom stereocenters. The molecule has 2 amide bonds. The van der Waals surface area contributed by atoms with Gasteiger partial charge in [0.2, 0.25) is 11.8 Å². The Hall–Kier alpha value is -6.79. The Labute approximate surface area is 428 Å². The van der Waals surface area contributed by atoms with E-state index in [0.29, 0.717) is 62.6 Å². The molecule has 0 bridgehead atoms. The lowest BCUT2D eigenvalue weighted by molar-refractivity contribution is -0.114. The Bertz CT molecular complexity index is 3150. The number of amides is 2. The van der Waals surface area contributed by atoms with Gasteiger partial charge >= 0.3 is 7.12 Å². The molecule has 0 spiro atoms. The number of carbonyl (C=O) groups excluding carboxylic acids is 2. The molecule has 360 valence electrons. The van der Waals surface area contributed by atoms with E-state index >= 15 is 0 Å². The summed E-state index contributed by atoms with van der Waals surface area (Å²) < 4.78 is 4.14. The van der Waals surface area contributed by atoms with Crippen molar-refractivity contribution in [3.05, 3.63) is 148 Å². The molecular weight excluding hydrogens is 1050 g/mol. The van der Waals surface area contributed by atoms with Gasteiger partial charge in [0.15, 0.2) is 11.3 Å². The number of hydrogen-bond acceptors (Lipinski definition) is 14. The molecule has 0 saturated carbocycles. The summed E-state index contributed by atoms with van der Waals surface area (Å²) >= 11 is 13.7. The van der Waals surface area contributed by atoms with Crippen LogP contribution in [0, 0.1) is 3.70 Å². The third kappa shape index (κ3) is 13.3. The molecule has 0 radical (unpaired) electrons. The Morgan fingerprint density at radius 3 is 1.56 bits per heavy atom. The number of nitrogens with zero attached hydrogens (tertiary/aromatic N) is 12. The monoisotopic (exact) mass is 1090 g/mol. The van der Waals surface area contributed by atoms with Gasteiger partial charge in [0.05, 0.1) is 22.1 Å². The molecule has 22 heteroatoms. The minimum Gasteiger partial charge on any atom is -0.423 e. The predicted octanol–water partition coefficient (Wildman–Crippen LogP) is 5.90. The van der Waals surface area contributed by atoms with E-state index in [-0.39, 0.29) is 11.8 Å². The zero-order valence-electron chi connectivity index (χ0n) is 39.1. The largest absolute Gasteiger partial charge is 0.488 e. The first kappa shape index (κ1) is 52.6. The lowest BCUT2D eigenvalue weighted by atomic mass is 9.81. The molecule has 4 heterocycles. The van der Waals surface area contributed by atoms with E-state index in [2.05, 4.69) is 47.6 Å². The van der Waals surface area contributed by atoms with E-state index in [1.54, 1.807) is 81.8 Å². The third-order valence-electron chi connectivity index (χ3n) is 10.3. The number of rotatable bonds is 12. The minimum atomic E-state index is -1.41. The summed E-state index contributed by atoms with van der Waals surface area (Å²) in [5.74, 6) is 0.518. The van der Waals surface area contributed by atoms with Crippen molar-refractivity contribution < 1.29 is 19.6 Å². The van der Waals surface area contributed by atoms with E-state index in [1.807, 2.05) is 111 Å². The maximum absolute atomic E-state index is 12.6. The third-order valence-corrected chi connectivity index (χ3v) is 11.5. The van der Waals surface area contributed by atoms with E-state index in [1.165, 1.54) is 12.7 Å². The summed E-state index contributed by atoms with van der Waals surface area (Å²) in [6.07, 6.45) is 9.65. The van der Waals surface area contributed by atoms with Crippen LogP contribution in [0.4, 0.5) is 23.0 Å². The molecule has 8 aromatic rings. The molecule has 18 nitrogen and oxygen atoms in total. The average molecular weight is 1100 g/mol. The molecule has 70 heavy (non-hydrogen) atoms. The van der Waals surface area contributed by atoms with Crippen LogP contribution in [0.3, 0.4) is 0 Å². The molecule has 4 aromatic heterocycles. The minimum absolute atomic E-state index is 0.0968. The van der Waals surface area contributed by atoms with Crippen LogP contribution in [-0.2, 0) is 9.59 Å². The summed E-state index contributed by atoms with van der Waals surface area (Å²) in [6, 6.07) is 28.8. The van der Waals surface area contributed by atoms with Crippen LogP contribution in [0.2, 0.25) is 10.0 Å². The standard InChI is InChI=1S/C24H24ClN7O.C18H20IN7O.C6H6BClO2/c1-30(2)13-5-8-20(33)31(3)18-6-4-7-19(14-18)32-24-21(23(26)27-15-28-24)22(29-32)16-9-11-17(25)12-10-16;1-24(2)9-5-8-14(27)25(3)12-6-4-7-13(10-12)26-18-15(16(19)23-26)17(20)21-11-22-18;8-6-3-1-5(2-4-6)7(9)10/h4-12,14-15H,13H2,1-3H3,(H2,26,27,28);4-8,10-11H,9H2,1-3H3,(H2,20,21,22);1-4,9-10H/b2*8-5+;. The SMILES string of the molecule is CN(C)C/C=C/C(=O)N(C)c1cccc(-n2nc(-c3ccc(Cl)cc3)c3c(N)ncnc32)c1.CN(C)C/C=C/C(=O)N(C)c1cccc(-n2nc(I)c3c(N)ncnc32)c1.OB(O)c1ccc(Cl)cc1. The van der Waals surface area contributed by atoms with Crippen LogP contribution < -0.4 is 26.7 Å². The number of likely N-dealkylation sites (N-methyl/N-ethyl adjacent to an activating group) is 4. The van der Waals surface area contributed by atoms with Crippen molar-refractivity contribution in [2.24, 2.45) is 0 Å². The summed E-state index contributed by atoms with van der Waals surface area (Å²) in [5.41, 5.74) is 18.3. The highest BCUT2D eigenvalue weighted by Gasteiger charge is 2.20. The van der Waals surface area contributed by atoms with Gasteiger partial charge in [-0.3, -0.25) is 9.59 Å². The van der Waals surface area contributed by atoms with E-state index < -0.39 is 7.12 Å². The number of carbonyl (C=O) groups is 2. The highest BCUT2D eigenvalue weighted by atomic mass is 127. The van der Waals surface area contributed by atoms with Gasteiger partial charge in [0, 0.05) is 66.3 Å². The Morgan fingerprint density at radius 2 is 1.09 bits per heavy atom. The molecule has 0 aliphatic rings. The van der Waals surface area contributed by atoms with Gasteiger partial charge in [-0.15, -0.1) is 0 Å². The highest BCUT2D eigenvalue weighted by molar-refractivity contribution is 14.1. The lowest BCUT2D eigenvalue weighted by Gasteiger charge is -2.16. The van der Waals surface area contributed by atoms with Crippen LogP contribution in [0.5, 0.6) is 0 Å². The first-order valence-electron chi connectivity index (χ1n) is 21.3. The molecule has 8 rings (SSSR count). The number of aromatic nitrogens is 8. The van der Waals surface area contributed by atoms with Crippen molar-refractivity contribution in [3.8, 4) is 22.6 Å².